The number of rotatable bonds is 4. The number of carbonyl (C=O) groups is 2. The topological polar surface area (TPSA) is 75.6 Å². The monoisotopic (exact) mass is 315 g/mol. The molecule has 0 atom stereocenters. The minimum Gasteiger partial charge on any atom is -0.480 e. The lowest BCUT2D eigenvalue weighted by atomic mass is 10.1. The van der Waals surface area contributed by atoms with Crippen molar-refractivity contribution in [1.29, 1.82) is 0 Å². The second kappa shape index (κ2) is 5.39. The first-order chi connectivity index (χ1) is 8.27. The van der Waals surface area contributed by atoms with Crippen molar-refractivity contribution in [3.05, 3.63) is 28.2 Å². The predicted octanol–water partition coefficient (Wildman–Crippen LogP) is 2.51. The number of hydrogen-bond donors (Lipinski definition) is 2. The maximum Gasteiger partial charge on any atom is 0.339 e. The summed E-state index contributed by atoms with van der Waals surface area (Å²) in [6.45, 7) is 3.07. The van der Waals surface area contributed by atoms with Gasteiger partial charge in [0.2, 0.25) is 0 Å². The standard InChI is InChI=1S/C12H14BrNO4/c1-12(2,11(16)17)14-7-4-5-9(13)8(6-7)10(15)18-3/h4-6,14H,1-3H3,(H,16,17). The number of anilines is 1. The van der Waals surface area contributed by atoms with E-state index in [-0.39, 0.29) is 0 Å². The molecule has 0 aromatic heterocycles. The molecule has 2 N–H and O–H groups in total. The molecule has 0 amide bonds. The van der Waals surface area contributed by atoms with Crippen LogP contribution >= 0.6 is 15.9 Å². The van der Waals surface area contributed by atoms with E-state index in [2.05, 4.69) is 26.0 Å². The summed E-state index contributed by atoms with van der Waals surface area (Å²) < 4.78 is 5.23. The first-order valence-electron chi connectivity index (χ1n) is 5.17. The summed E-state index contributed by atoms with van der Waals surface area (Å²) in [6.07, 6.45) is 0. The summed E-state index contributed by atoms with van der Waals surface area (Å²) >= 11 is 3.24. The molecule has 0 unspecified atom stereocenters. The van der Waals surface area contributed by atoms with E-state index in [1.807, 2.05) is 0 Å². The molecule has 0 aliphatic carbocycles. The van der Waals surface area contributed by atoms with Crippen LogP contribution in [-0.4, -0.2) is 29.7 Å². The van der Waals surface area contributed by atoms with Crippen LogP contribution in [-0.2, 0) is 9.53 Å². The highest BCUT2D eigenvalue weighted by atomic mass is 79.9. The van der Waals surface area contributed by atoms with Gasteiger partial charge in [-0.25, -0.2) is 9.59 Å². The van der Waals surface area contributed by atoms with Gasteiger partial charge in [-0.3, -0.25) is 0 Å². The van der Waals surface area contributed by atoms with Crippen molar-refractivity contribution in [2.24, 2.45) is 0 Å². The summed E-state index contributed by atoms with van der Waals surface area (Å²) in [7, 11) is 1.29. The first-order valence-corrected chi connectivity index (χ1v) is 5.96. The lowest BCUT2D eigenvalue weighted by Crippen LogP contribution is -2.39. The Morgan fingerprint density at radius 3 is 2.50 bits per heavy atom. The van der Waals surface area contributed by atoms with Gasteiger partial charge in [0.15, 0.2) is 0 Å². The number of benzene rings is 1. The second-order valence-corrected chi connectivity index (χ2v) is 5.10. The summed E-state index contributed by atoms with van der Waals surface area (Å²) in [5, 5.41) is 11.9. The Kier molecular flexibility index (Phi) is 4.34. The number of carbonyl (C=O) groups excluding carboxylic acids is 1. The number of ether oxygens (including phenoxy) is 1. The van der Waals surface area contributed by atoms with E-state index in [1.165, 1.54) is 21.0 Å². The average Bonchev–Trinajstić information content (AvgIpc) is 2.30. The van der Waals surface area contributed by atoms with Crippen LogP contribution in [0.25, 0.3) is 0 Å². The maximum atomic E-state index is 11.5. The normalized spacial score (nSPS) is 10.9. The van der Waals surface area contributed by atoms with Crippen LogP contribution in [0, 0.1) is 0 Å². The van der Waals surface area contributed by atoms with Crippen molar-refractivity contribution < 1.29 is 19.4 Å². The summed E-state index contributed by atoms with van der Waals surface area (Å²) in [5.41, 5.74) is -0.254. The fraction of sp³-hybridized carbons (Fsp3) is 0.333. The lowest BCUT2D eigenvalue weighted by Gasteiger charge is -2.22. The Hall–Kier alpha value is -1.56. The minimum absolute atomic E-state index is 0.337. The molecule has 1 aromatic rings. The zero-order valence-electron chi connectivity index (χ0n) is 10.3. The second-order valence-electron chi connectivity index (χ2n) is 4.24. The zero-order valence-corrected chi connectivity index (χ0v) is 11.9. The van der Waals surface area contributed by atoms with Gasteiger partial charge < -0.3 is 15.2 Å². The molecule has 1 aromatic carbocycles. The molecule has 0 saturated carbocycles. The number of carboxylic acids is 1. The van der Waals surface area contributed by atoms with Gasteiger partial charge in [-0.1, -0.05) is 0 Å². The Labute approximate surface area is 113 Å². The Bertz CT molecular complexity index is 485. The molecule has 0 bridgehead atoms. The van der Waals surface area contributed by atoms with Crippen LogP contribution in [0.15, 0.2) is 22.7 Å². The van der Waals surface area contributed by atoms with Gasteiger partial charge >= 0.3 is 11.9 Å². The van der Waals surface area contributed by atoms with E-state index in [0.29, 0.717) is 15.7 Å². The van der Waals surface area contributed by atoms with Crippen LogP contribution in [0.1, 0.15) is 24.2 Å². The zero-order chi connectivity index (χ0) is 13.9. The Balaban J connectivity index is 3.06. The van der Waals surface area contributed by atoms with Gasteiger partial charge in [-0.2, -0.15) is 0 Å². The van der Waals surface area contributed by atoms with Crippen molar-refractivity contribution in [3.63, 3.8) is 0 Å². The number of esters is 1. The van der Waals surface area contributed by atoms with Crippen LogP contribution in [0.5, 0.6) is 0 Å². The third-order valence-electron chi connectivity index (χ3n) is 2.36. The van der Waals surface area contributed by atoms with Crippen LogP contribution in [0.2, 0.25) is 0 Å². The van der Waals surface area contributed by atoms with Gasteiger partial charge in [0, 0.05) is 10.2 Å². The average molecular weight is 316 g/mol. The van der Waals surface area contributed by atoms with E-state index >= 15 is 0 Å². The third-order valence-corrected chi connectivity index (χ3v) is 3.05. The molecule has 0 saturated heterocycles. The van der Waals surface area contributed by atoms with Crippen molar-refractivity contribution in [2.75, 3.05) is 12.4 Å². The number of nitrogens with one attached hydrogen (secondary N) is 1. The van der Waals surface area contributed by atoms with Crippen molar-refractivity contribution in [3.8, 4) is 0 Å². The van der Waals surface area contributed by atoms with Crippen molar-refractivity contribution in [2.45, 2.75) is 19.4 Å². The summed E-state index contributed by atoms with van der Waals surface area (Å²) in [6, 6.07) is 4.88. The highest BCUT2D eigenvalue weighted by Gasteiger charge is 2.27. The van der Waals surface area contributed by atoms with Gasteiger partial charge in [-0.05, 0) is 48.0 Å². The SMILES string of the molecule is COC(=O)c1cc(NC(C)(C)C(=O)O)ccc1Br. The van der Waals surface area contributed by atoms with Gasteiger partial charge in [-0.15, -0.1) is 0 Å². The number of methoxy groups -OCH3 is 1. The van der Waals surface area contributed by atoms with Gasteiger partial charge in [0.25, 0.3) is 0 Å². The smallest absolute Gasteiger partial charge is 0.339 e. The van der Waals surface area contributed by atoms with E-state index < -0.39 is 17.5 Å². The Morgan fingerprint density at radius 1 is 1.39 bits per heavy atom. The molecule has 6 heteroatoms. The molecule has 1 rings (SSSR count). The molecule has 0 radical (unpaired) electrons. The van der Waals surface area contributed by atoms with E-state index in [1.54, 1.807) is 18.2 Å². The van der Waals surface area contributed by atoms with Crippen molar-refractivity contribution >= 4 is 33.6 Å². The fourth-order valence-corrected chi connectivity index (χ4v) is 1.69. The highest BCUT2D eigenvalue weighted by Crippen LogP contribution is 2.24. The van der Waals surface area contributed by atoms with Gasteiger partial charge in [0.1, 0.15) is 5.54 Å². The third kappa shape index (κ3) is 3.22. The molecule has 5 nitrogen and oxygen atoms in total. The molecule has 18 heavy (non-hydrogen) atoms. The van der Waals surface area contributed by atoms with Crippen molar-refractivity contribution in [1.82, 2.24) is 0 Å². The largest absolute Gasteiger partial charge is 0.480 e. The van der Waals surface area contributed by atoms with Crippen LogP contribution < -0.4 is 5.32 Å². The fourth-order valence-electron chi connectivity index (χ4n) is 1.28. The lowest BCUT2D eigenvalue weighted by molar-refractivity contribution is -0.141. The summed E-state index contributed by atoms with van der Waals surface area (Å²) in [5.74, 6) is -1.47. The molecule has 0 aliphatic rings. The quantitative estimate of drug-likeness (QED) is 0.835. The number of hydrogen-bond acceptors (Lipinski definition) is 4. The molecular weight excluding hydrogens is 302 g/mol. The minimum atomic E-state index is -1.12. The molecule has 0 spiro atoms. The van der Waals surface area contributed by atoms with Crippen LogP contribution in [0.4, 0.5) is 5.69 Å². The molecule has 0 aliphatic heterocycles. The molecule has 0 fully saturated rings. The molecule has 98 valence electrons. The van der Waals surface area contributed by atoms with E-state index in [0.717, 1.165) is 0 Å². The molecule has 0 heterocycles. The first kappa shape index (κ1) is 14.5. The number of carboxylic acid groups (broad SMARTS) is 1. The molecular formula is C12H14BrNO4. The maximum absolute atomic E-state index is 11.5. The summed E-state index contributed by atoms with van der Waals surface area (Å²) in [4.78, 5) is 22.5. The highest BCUT2D eigenvalue weighted by molar-refractivity contribution is 9.10. The van der Waals surface area contributed by atoms with Crippen LogP contribution in [0.3, 0.4) is 0 Å². The van der Waals surface area contributed by atoms with Gasteiger partial charge in [0.05, 0.1) is 12.7 Å². The van der Waals surface area contributed by atoms with E-state index in [4.69, 9.17) is 5.11 Å². The Morgan fingerprint density at radius 2 is 2.00 bits per heavy atom. The predicted molar refractivity (Wildman–Crippen MR) is 70.8 cm³/mol. The van der Waals surface area contributed by atoms with E-state index in [9.17, 15) is 9.59 Å². The number of aliphatic carboxylic acids is 1. The number of halogens is 1.